The largest absolute Gasteiger partial charge is 0.488 e. The van der Waals surface area contributed by atoms with Crippen LogP contribution in [0.1, 0.15) is 15.9 Å². The van der Waals surface area contributed by atoms with Crippen molar-refractivity contribution >= 4 is 17.9 Å². The van der Waals surface area contributed by atoms with E-state index in [1.54, 1.807) is 6.07 Å². The van der Waals surface area contributed by atoms with Crippen LogP contribution in [-0.2, 0) is 6.61 Å². The monoisotopic (exact) mass is 322 g/mol. The summed E-state index contributed by atoms with van der Waals surface area (Å²) in [7, 11) is 0. The number of benzene rings is 3. The Morgan fingerprint density at radius 3 is 2.35 bits per heavy atom. The number of aldehydes is 1. The van der Waals surface area contributed by atoms with Crippen LogP contribution in [0.3, 0.4) is 0 Å². The second-order valence-electron chi connectivity index (χ2n) is 5.15. The Morgan fingerprint density at radius 1 is 0.913 bits per heavy atom. The summed E-state index contributed by atoms with van der Waals surface area (Å²) >= 11 is 5.95. The molecular weight excluding hydrogens is 308 g/mol. The molecule has 0 heterocycles. The van der Waals surface area contributed by atoms with Gasteiger partial charge in [-0.3, -0.25) is 4.79 Å². The molecule has 0 bridgehead atoms. The molecule has 3 aromatic rings. The number of carbonyl (C=O) groups is 1. The van der Waals surface area contributed by atoms with Gasteiger partial charge in [0.2, 0.25) is 0 Å². The molecule has 23 heavy (non-hydrogen) atoms. The van der Waals surface area contributed by atoms with Crippen molar-refractivity contribution in [2.75, 3.05) is 0 Å². The van der Waals surface area contributed by atoms with Gasteiger partial charge in [0.1, 0.15) is 18.6 Å². The summed E-state index contributed by atoms with van der Waals surface area (Å²) < 4.78 is 5.96. The molecule has 0 aliphatic rings. The highest BCUT2D eigenvalue weighted by Gasteiger charge is 2.08. The Labute approximate surface area is 140 Å². The molecule has 0 atom stereocenters. The van der Waals surface area contributed by atoms with E-state index in [9.17, 15) is 4.79 Å². The van der Waals surface area contributed by atoms with E-state index in [0.717, 1.165) is 28.7 Å². The minimum atomic E-state index is 0.474. The van der Waals surface area contributed by atoms with Gasteiger partial charge in [-0.1, -0.05) is 54.1 Å². The summed E-state index contributed by atoms with van der Waals surface area (Å²) in [5.41, 5.74) is 3.54. The third kappa shape index (κ3) is 3.79. The Balaban J connectivity index is 1.92. The van der Waals surface area contributed by atoms with Gasteiger partial charge in [-0.25, -0.2) is 0 Å². The Bertz CT molecular complexity index is 796. The normalized spacial score (nSPS) is 10.3. The smallest absolute Gasteiger partial charge is 0.150 e. The summed E-state index contributed by atoms with van der Waals surface area (Å²) in [6.45, 7) is 0.474. The van der Waals surface area contributed by atoms with Crippen molar-refractivity contribution in [3.8, 4) is 16.9 Å². The van der Waals surface area contributed by atoms with Crippen molar-refractivity contribution in [1.82, 2.24) is 0 Å². The Hall–Kier alpha value is -2.58. The molecule has 0 aromatic heterocycles. The number of halogens is 1. The zero-order valence-corrected chi connectivity index (χ0v) is 13.2. The highest BCUT2D eigenvalue weighted by molar-refractivity contribution is 6.30. The van der Waals surface area contributed by atoms with Crippen molar-refractivity contribution in [3.05, 3.63) is 88.9 Å². The molecule has 0 radical (unpaired) electrons. The molecule has 0 N–H and O–H groups in total. The van der Waals surface area contributed by atoms with Gasteiger partial charge < -0.3 is 4.74 Å². The Morgan fingerprint density at radius 2 is 1.65 bits per heavy atom. The van der Waals surface area contributed by atoms with Crippen LogP contribution in [0.4, 0.5) is 0 Å². The van der Waals surface area contributed by atoms with Crippen LogP contribution in [0.25, 0.3) is 11.1 Å². The highest BCUT2D eigenvalue weighted by Crippen LogP contribution is 2.32. The first-order valence-corrected chi connectivity index (χ1v) is 7.66. The number of rotatable bonds is 5. The lowest BCUT2D eigenvalue weighted by Gasteiger charge is -2.13. The average molecular weight is 323 g/mol. The molecule has 0 unspecified atom stereocenters. The van der Waals surface area contributed by atoms with Crippen LogP contribution in [0.5, 0.6) is 5.75 Å². The van der Waals surface area contributed by atoms with Gasteiger partial charge in [0.05, 0.1) is 0 Å². The molecule has 0 fully saturated rings. The van der Waals surface area contributed by atoms with Gasteiger partial charge in [0.15, 0.2) is 0 Å². The quantitative estimate of drug-likeness (QED) is 0.588. The fourth-order valence-corrected chi connectivity index (χ4v) is 2.46. The lowest BCUT2D eigenvalue weighted by Crippen LogP contribution is -1.97. The van der Waals surface area contributed by atoms with Crippen LogP contribution < -0.4 is 4.74 Å². The molecule has 0 spiro atoms. The molecule has 0 aliphatic heterocycles. The van der Waals surface area contributed by atoms with Crippen LogP contribution in [0.15, 0.2) is 72.8 Å². The maximum Gasteiger partial charge on any atom is 0.150 e. The fourth-order valence-electron chi connectivity index (χ4n) is 2.34. The first-order chi connectivity index (χ1) is 11.3. The van der Waals surface area contributed by atoms with Gasteiger partial charge in [0, 0.05) is 16.1 Å². The first-order valence-electron chi connectivity index (χ1n) is 7.28. The third-order valence-electron chi connectivity index (χ3n) is 3.53. The molecule has 0 aliphatic carbocycles. The first kappa shape index (κ1) is 15.3. The molecule has 3 aromatic carbocycles. The maximum absolute atomic E-state index is 11.1. The zero-order valence-electron chi connectivity index (χ0n) is 12.4. The second-order valence-corrected chi connectivity index (χ2v) is 5.59. The van der Waals surface area contributed by atoms with Crippen LogP contribution in [-0.4, -0.2) is 6.29 Å². The standard InChI is InChI=1S/C20H15ClO2/c21-18-9-7-17(8-10-18)19-12-16(13-22)6-11-20(19)23-14-15-4-2-1-3-5-15/h1-13H,14H2. The van der Waals surface area contributed by atoms with Crippen molar-refractivity contribution < 1.29 is 9.53 Å². The maximum atomic E-state index is 11.1. The molecule has 0 amide bonds. The fraction of sp³-hybridized carbons (Fsp3) is 0.0500. The summed E-state index contributed by atoms with van der Waals surface area (Å²) in [6, 6.07) is 22.9. The van der Waals surface area contributed by atoms with Crippen LogP contribution in [0.2, 0.25) is 5.02 Å². The molecule has 2 nitrogen and oxygen atoms in total. The number of hydrogen-bond donors (Lipinski definition) is 0. The molecule has 3 heteroatoms. The van der Waals surface area contributed by atoms with E-state index in [1.165, 1.54) is 0 Å². The summed E-state index contributed by atoms with van der Waals surface area (Å²) in [6.07, 6.45) is 0.834. The topological polar surface area (TPSA) is 26.3 Å². The van der Waals surface area contributed by atoms with E-state index >= 15 is 0 Å². The van der Waals surface area contributed by atoms with Crippen molar-refractivity contribution in [2.24, 2.45) is 0 Å². The van der Waals surface area contributed by atoms with Crippen molar-refractivity contribution in [3.63, 3.8) is 0 Å². The van der Waals surface area contributed by atoms with Crippen molar-refractivity contribution in [2.45, 2.75) is 6.61 Å². The predicted octanol–water partition coefficient (Wildman–Crippen LogP) is 5.40. The molecule has 0 saturated heterocycles. The average Bonchev–Trinajstić information content (AvgIpc) is 2.61. The molecule has 3 rings (SSSR count). The summed E-state index contributed by atoms with van der Waals surface area (Å²) in [5.74, 6) is 0.738. The molecule has 114 valence electrons. The lowest BCUT2D eigenvalue weighted by atomic mass is 10.0. The zero-order chi connectivity index (χ0) is 16.1. The minimum absolute atomic E-state index is 0.474. The van der Waals surface area contributed by atoms with Gasteiger partial charge in [-0.15, -0.1) is 0 Å². The summed E-state index contributed by atoms with van der Waals surface area (Å²) in [4.78, 5) is 11.1. The van der Waals surface area contributed by atoms with E-state index in [2.05, 4.69) is 0 Å². The number of hydrogen-bond acceptors (Lipinski definition) is 2. The van der Waals surface area contributed by atoms with Gasteiger partial charge >= 0.3 is 0 Å². The van der Waals surface area contributed by atoms with Gasteiger partial charge in [-0.2, -0.15) is 0 Å². The van der Waals surface area contributed by atoms with Crippen LogP contribution >= 0.6 is 11.6 Å². The second kappa shape index (κ2) is 7.12. The van der Waals surface area contributed by atoms with E-state index in [0.29, 0.717) is 17.2 Å². The van der Waals surface area contributed by atoms with Gasteiger partial charge in [0.25, 0.3) is 0 Å². The van der Waals surface area contributed by atoms with Gasteiger partial charge in [-0.05, 0) is 41.5 Å². The Kier molecular flexibility index (Phi) is 4.74. The van der Waals surface area contributed by atoms with Crippen LogP contribution in [0, 0.1) is 0 Å². The van der Waals surface area contributed by atoms with E-state index in [-0.39, 0.29) is 0 Å². The summed E-state index contributed by atoms with van der Waals surface area (Å²) in [5, 5.41) is 0.673. The number of carbonyl (C=O) groups excluding carboxylic acids is 1. The third-order valence-corrected chi connectivity index (χ3v) is 3.78. The number of ether oxygens (including phenoxy) is 1. The van der Waals surface area contributed by atoms with E-state index in [4.69, 9.17) is 16.3 Å². The SMILES string of the molecule is O=Cc1ccc(OCc2ccccc2)c(-c2ccc(Cl)cc2)c1. The molecular formula is C20H15ClO2. The highest BCUT2D eigenvalue weighted by atomic mass is 35.5. The van der Waals surface area contributed by atoms with E-state index < -0.39 is 0 Å². The minimum Gasteiger partial charge on any atom is -0.488 e. The lowest BCUT2D eigenvalue weighted by molar-refractivity contribution is 0.112. The molecule has 0 saturated carbocycles. The van der Waals surface area contributed by atoms with E-state index in [1.807, 2.05) is 66.7 Å². The van der Waals surface area contributed by atoms with Crippen molar-refractivity contribution in [1.29, 1.82) is 0 Å². The predicted molar refractivity (Wildman–Crippen MR) is 93.0 cm³/mol.